The number of benzene rings is 4. The molecule has 0 atom stereocenters. The van der Waals surface area contributed by atoms with E-state index in [9.17, 15) is 0 Å². The minimum Gasteiger partial charge on any atom is -0.310 e. The molecule has 0 aromatic heterocycles. The van der Waals surface area contributed by atoms with Crippen molar-refractivity contribution in [3.63, 3.8) is 0 Å². The number of anilines is 3. The van der Waals surface area contributed by atoms with Gasteiger partial charge in [-0.3, -0.25) is 0 Å². The molecule has 1 heteroatoms. The quantitative estimate of drug-likeness (QED) is 0.268. The van der Waals surface area contributed by atoms with Crippen LogP contribution in [0.3, 0.4) is 0 Å². The summed E-state index contributed by atoms with van der Waals surface area (Å²) in [4.78, 5) is 2.44. The molecule has 0 heterocycles. The highest BCUT2D eigenvalue weighted by Gasteiger charge is 2.20. The normalized spacial score (nSPS) is 11.7. The number of hydrogen-bond acceptors (Lipinski definition) is 1. The molecular formula is C34H37N. The molecule has 0 bridgehead atoms. The van der Waals surface area contributed by atoms with Crippen LogP contribution in [-0.2, 0) is 0 Å². The van der Waals surface area contributed by atoms with Gasteiger partial charge < -0.3 is 4.90 Å². The second-order valence-electron chi connectivity index (χ2n) is 10.0. The van der Waals surface area contributed by atoms with Gasteiger partial charge >= 0.3 is 0 Å². The molecule has 0 unspecified atom stereocenters. The molecule has 0 aliphatic heterocycles. The monoisotopic (exact) mass is 459 g/mol. The van der Waals surface area contributed by atoms with E-state index in [1.54, 1.807) is 0 Å². The van der Waals surface area contributed by atoms with Gasteiger partial charge in [-0.15, -0.1) is 0 Å². The van der Waals surface area contributed by atoms with E-state index < -0.39 is 0 Å². The predicted molar refractivity (Wildman–Crippen MR) is 156 cm³/mol. The summed E-state index contributed by atoms with van der Waals surface area (Å²) in [5, 5.41) is 2.56. The summed E-state index contributed by atoms with van der Waals surface area (Å²) in [6, 6.07) is 20.6. The van der Waals surface area contributed by atoms with Gasteiger partial charge in [0.1, 0.15) is 0 Å². The van der Waals surface area contributed by atoms with Crippen LogP contribution in [0, 0.1) is 48.5 Å². The number of allylic oxidation sites excluding steroid dienone is 3. The Morgan fingerprint density at radius 2 is 1.31 bits per heavy atom. The number of nitrogens with zero attached hydrogens (tertiary/aromatic N) is 1. The standard InChI is InChI=1S/C34H37N/c1-10-11-23(4)32-20-34(33-16-21(2)12-15-31(33)28(32)9)35(29-14-13-22(3)24(5)17-29)30-18-25(6)27(8)26(7)19-30/h10-20H,1H2,2-9H3/b23-11+. The molecule has 4 aromatic rings. The van der Waals surface area contributed by atoms with Gasteiger partial charge in [-0.05, 0) is 142 Å². The lowest BCUT2D eigenvalue weighted by atomic mass is 9.92. The van der Waals surface area contributed by atoms with Gasteiger partial charge in [0.2, 0.25) is 0 Å². The highest BCUT2D eigenvalue weighted by molar-refractivity contribution is 6.03. The van der Waals surface area contributed by atoms with Crippen LogP contribution in [0.2, 0.25) is 0 Å². The minimum absolute atomic E-state index is 1.18. The van der Waals surface area contributed by atoms with Gasteiger partial charge in [-0.25, -0.2) is 0 Å². The minimum atomic E-state index is 1.18. The molecule has 0 radical (unpaired) electrons. The highest BCUT2D eigenvalue weighted by atomic mass is 15.1. The third-order valence-electron chi connectivity index (χ3n) is 7.49. The van der Waals surface area contributed by atoms with Crippen LogP contribution >= 0.6 is 0 Å². The van der Waals surface area contributed by atoms with Crippen molar-refractivity contribution in [3.05, 3.63) is 118 Å². The fourth-order valence-corrected chi connectivity index (χ4v) is 4.96. The second kappa shape index (κ2) is 9.58. The van der Waals surface area contributed by atoms with Gasteiger partial charge in [0, 0.05) is 16.8 Å². The molecule has 0 amide bonds. The first-order chi connectivity index (χ1) is 16.6. The van der Waals surface area contributed by atoms with Crippen molar-refractivity contribution >= 4 is 33.4 Å². The Balaban J connectivity index is 2.15. The number of fused-ring (bicyclic) bond motifs is 1. The fraction of sp³-hybridized carbons (Fsp3) is 0.235. The SMILES string of the molecule is C=C/C=C(\C)c1cc(N(c2ccc(C)c(C)c2)c2cc(C)c(C)c(C)c2)c2cc(C)ccc2c1C. The predicted octanol–water partition coefficient (Wildman–Crippen LogP) is 10.1. The summed E-state index contributed by atoms with van der Waals surface area (Å²) in [6.07, 6.45) is 3.98. The van der Waals surface area contributed by atoms with Crippen molar-refractivity contribution in [2.75, 3.05) is 4.90 Å². The van der Waals surface area contributed by atoms with E-state index in [-0.39, 0.29) is 0 Å². The van der Waals surface area contributed by atoms with E-state index in [1.807, 2.05) is 6.08 Å². The van der Waals surface area contributed by atoms with Crippen molar-refractivity contribution < 1.29 is 0 Å². The van der Waals surface area contributed by atoms with Crippen LogP contribution < -0.4 is 4.90 Å². The molecule has 0 fully saturated rings. The van der Waals surface area contributed by atoms with Crippen LogP contribution in [0.1, 0.15) is 51.4 Å². The Morgan fingerprint density at radius 1 is 0.657 bits per heavy atom. The van der Waals surface area contributed by atoms with Gasteiger partial charge in [0.05, 0.1) is 5.69 Å². The molecule has 0 aliphatic carbocycles. The second-order valence-corrected chi connectivity index (χ2v) is 10.0. The topological polar surface area (TPSA) is 3.24 Å². The van der Waals surface area contributed by atoms with E-state index in [2.05, 4.69) is 128 Å². The molecule has 1 nitrogen and oxygen atoms in total. The Morgan fingerprint density at radius 3 is 1.94 bits per heavy atom. The summed E-state index contributed by atoms with van der Waals surface area (Å²) < 4.78 is 0. The van der Waals surface area contributed by atoms with Crippen LogP contribution in [0.5, 0.6) is 0 Å². The molecule has 4 aromatic carbocycles. The van der Waals surface area contributed by atoms with Crippen LogP contribution in [0.25, 0.3) is 16.3 Å². The third kappa shape index (κ3) is 4.56. The lowest BCUT2D eigenvalue weighted by Crippen LogP contribution is -2.13. The number of hydrogen-bond donors (Lipinski definition) is 0. The fourth-order valence-electron chi connectivity index (χ4n) is 4.96. The van der Waals surface area contributed by atoms with Gasteiger partial charge in [0.25, 0.3) is 0 Å². The van der Waals surface area contributed by atoms with Crippen LogP contribution in [0.4, 0.5) is 17.1 Å². The average Bonchev–Trinajstić information content (AvgIpc) is 2.81. The molecule has 35 heavy (non-hydrogen) atoms. The first kappa shape index (κ1) is 24.5. The zero-order valence-electron chi connectivity index (χ0n) is 22.5. The number of rotatable bonds is 5. The van der Waals surface area contributed by atoms with Gasteiger partial charge in [-0.1, -0.05) is 42.5 Å². The van der Waals surface area contributed by atoms with Crippen molar-refractivity contribution in [1.82, 2.24) is 0 Å². The largest absolute Gasteiger partial charge is 0.310 e. The van der Waals surface area contributed by atoms with Crippen molar-refractivity contribution in [2.24, 2.45) is 0 Å². The summed E-state index contributed by atoms with van der Waals surface area (Å²) in [7, 11) is 0. The highest BCUT2D eigenvalue weighted by Crippen LogP contribution is 2.43. The lowest BCUT2D eigenvalue weighted by molar-refractivity contribution is 1.21. The zero-order valence-corrected chi connectivity index (χ0v) is 22.5. The summed E-state index contributed by atoms with van der Waals surface area (Å²) in [5.74, 6) is 0. The number of aryl methyl sites for hydroxylation is 6. The maximum Gasteiger partial charge on any atom is 0.0546 e. The molecular weight excluding hydrogens is 422 g/mol. The van der Waals surface area contributed by atoms with E-state index in [0.29, 0.717) is 0 Å². The average molecular weight is 460 g/mol. The molecule has 0 saturated heterocycles. The Kier molecular flexibility index (Phi) is 6.72. The molecule has 0 N–H and O–H groups in total. The van der Waals surface area contributed by atoms with Crippen LogP contribution in [-0.4, -0.2) is 0 Å². The Labute approximate surface area is 211 Å². The van der Waals surface area contributed by atoms with E-state index >= 15 is 0 Å². The van der Waals surface area contributed by atoms with Crippen LogP contribution in [0.15, 0.2) is 73.3 Å². The first-order valence-corrected chi connectivity index (χ1v) is 12.4. The van der Waals surface area contributed by atoms with Crippen molar-refractivity contribution in [1.29, 1.82) is 0 Å². The Bertz CT molecular complexity index is 1460. The molecule has 0 aliphatic rings. The first-order valence-electron chi connectivity index (χ1n) is 12.4. The van der Waals surface area contributed by atoms with Gasteiger partial charge in [0.15, 0.2) is 0 Å². The maximum atomic E-state index is 3.94. The van der Waals surface area contributed by atoms with E-state index in [0.717, 1.165) is 0 Å². The summed E-state index contributed by atoms with van der Waals surface area (Å²) >= 11 is 0. The maximum absolute atomic E-state index is 3.94. The van der Waals surface area contributed by atoms with Crippen molar-refractivity contribution in [2.45, 2.75) is 55.4 Å². The lowest BCUT2D eigenvalue weighted by Gasteiger charge is -2.30. The molecule has 178 valence electrons. The molecule has 0 spiro atoms. The van der Waals surface area contributed by atoms with Crippen molar-refractivity contribution in [3.8, 4) is 0 Å². The van der Waals surface area contributed by atoms with Gasteiger partial charge in [-0.2, -0.15) is 0 Å². The zero-order chi connectivity index (χ0) is 25.4. The van der Waals surface area contributed by atoms with E-state index in [4.69, 9.17) is 0 Å². The summed E-state index contributed by atoms with van der Waals surface area (Å²) in [5.41, 5.74) is 15.2. The molecule has 0 saturated carbocycles. The molecule has 4 rings (SSSR count). The smallest absolute Gasteiger partial charge is 0.0546 e. The third-order valence-corrected chi connectivity index (χ3v) is 7.49. The summed E-state index contributed by atoms with van der Waals surface area (Å²) in [6.45, 7) is 21.5. The van der Waals surface area contributed by atoms with E-state index in [1.165, 1.54) is 77.9 Å². The Hall–Kier alpha value is -3.58.